The van der Waals surface area contributed by atoms with Crippen LogP contribution in [0.25, 0.3) is 0 Å². The van der Waals surface area contributed by atoms with E-state index in [9.17, 15) is 19.5 Å². The predicted molar refractivity (Wildman–Crippen MR) is 105 cm³/mol. The molecule has 0 saturated heterocycles. The minimum atomic E-state index is -1.22. The highest BCUT2D eigenvalue weighted by Crippen LogP contribution is 2.23. The van der Waals surface area contributed by atoms with Crippen molar-refractivity contribution in [1.82, 2.24) is 14.5 Å². The van der Waals surface area contributed by atoms with Crippen molar-refractivity contribution < 1.29 is 14.7 Å². The molecule has 7 heteroatoms. The van der Waals surface area contributed by atoms with Gasteiger partial charge in [-0.1, -0.05) is 6.07 Å². The third-order valence-corrected chi connectivity index (χ3v) is 5.37. The van der Waals surface area contributed by atoms with Crippen LogP contribution in [-0.4, -0.2) is 38.0 Å². The maximum absolute atomic E-state index is 12.9. The van der Waals surface area contributed by atoms with Gasteiger partial charge in [0.25, 0.3) is 5.56 Å². The Morgan fingerprint density at radius 3 is 2.64 bits per heavy atom. The number of fused-ring (bicyclic) bond motifs is 1. The third-order valence-electron chi connectivity index (χ3n) is 5.37. The van der Waals surface area contributed by atoms with Gasteiger partial charge in [-0.05, 0) is 49.4 Å². The minimum absolute atomic E-state index is 0.0622. The first kappa shape index (κ1) is 19.8. The quantitative estimate of drug-likeness (QED) is 0.874. The van der Waals surface area contributed by atoms with Crippen molar-refractivity contribution >= 4 is 11.9 Å². The van der Waals surface area contributed by atoms with Gasteiger partial charge < -0.3 is 14.6 Å². The largest absolute Gasteiger partial charge is 0.477 e. The van der Waals surface area contributed by atoms with Crippen LogP contribution in [0.1, 0.15) is 58.2 Å². The molecule has 1 unspecified atom stereocenters. The zero-order valence-electron chi connectivity index (χ0n) is 16.7. The van der Waals surface area contributed by atoms with Gasteiger partial charge in [0.1, 0.15) is 5.56 Å². The molecule has 0 aliphatic carbocycles. The lowest BCUT2D eigenvalue weighted by atomic mass is 9.96. The van der Waals surface area contributed by atoms with Crippen LogP contribution in [0.2, 0.25) is 0 Å². The van der Waals surface area contributed by atoms with Crippen LogP contribution < -0.4 is 5.56 Å². The Hall–Kier alpha value is -2.96. The highest BCUT2D eigenvalue weighted by molar-refractivity contribution is 5.89. The highest BCUT2D eigenvalue weighted by atomic mass is 16.4. The number of nitrogens with zero attached hydrogens (tertiary/aromatic N) is 3. The van der Waals surface area contributed by atoms with Crippen molar-refractivity contribution in [3.63, 3.8) is 0 Å². The summed E-state index contributed by atoms with van der Waals surface area (Å²) < 4.78 is 1.48. The van der Waals surface area contributed by atoms with Crippen LogP contribution in [0.4, 0.5) is 0 Å². The molecule has 0 saturated carbocycles. The number of rotatable bonds is 4. The summed E-state index contributed by atoms with van der Waals surface area (Å²) in [5.41, 5.74) is 3.57. The molecule has 2 aromatic rings. The summed E-state index contributed by atoms with van der Waals surface area (Å²) in [4.78, 5) is 42.7. The number of carboxylic acid groups (broad SMARTS) is 1. The van der Waals surface area contributed by atoms with Crippen LogP contribution >= 0.6 is 0 Å². The molecule has 1 amide bonds. The van der Waals surface area contributed by atoms with Crippen molar-refractivity contribution in [2.75, 3.05) is 6.54 Å². The second kappa shape index (κ2) is 7.58. The summed E-state index contributed by atoms with van der Waals surface area (Å²) >= 11 is 0. The molecule has 1 aliphatic heterocycles. The Kier molecular flexibility index (Phi) is 5.36. The summed E-state index contributed by atoms with van der Waals surface area (Å²) in [7, 11) is 0. The Bertz CT molecular complexity index is 1010. The number of aromatic nitrogens is 2. The van der Waals surface area contributed by atoms with E-state index >= 15 is 0 Å². The Balaban J connectivity index is 2.04. The molecule has 148 valence electrons. The van der Waals surface area contributed by atoms with Crippen molar-refractivity contribution in [2.24, 2.45) is 0 Å². The van der Waals surface area contributed by atoms with E-state index in [0.717, 1.165) is 22.4 Å². The van der Waals surface area contributed by atoms with E-state index in [4.69, 9.17) is 0 Å². The fourth-order valence-corrected chi connectivity index (χ4v) is 3.83. The van der Waals surface area contributed by atoms with E-state index in [-0.39, 0.29) is 17.5 Å². The fourth-order valence-electron chi connectivity index (χ4n) is 3.83. The van der Waals surface area contributed by atoms with Gasteiger partial charge in [-0.2, -0.15) is 0 Å². The van der Waals surface area contributed by atoms with Crippen LogP contribution in [0, 0.1) is 13.8 Å². The Morgan fingerprint density at radius 1 is 1.32 bits per heavy atom. The minimum Gasteiger partial charge on any atom is -0.477 e. The summed E-state index contributed by atoms with van der Waals surface area (Å²) in [5.74, 6) is -1.28. The van der Waals surface area contributed by atoms with Gasteiger partial charge >= 0.3 is 5.97 Å². The molecule has 0 aromatic carbocycles. The molecule has 2 aromatic heterocycles. The number of carbonyl (C=O) groups is 2. The van der Waals surface area contributed by atoms with Crippen LogP contribution in [0.3, 0.4) is 0 Å². The molecule has 3 rings (SSSR count). The number of carboxylic acids is 1. The summed E-state index contributed by atoms with van der Waals surface area (Å²) in [6.07, 6.45) is 4.39. The van der Waals surface area contributed by atoms with Crippen molar-refractivity contribution in [3.8, 4) is 0 Å². The number of hydrogen-bond donors (Lipinski definition) is 1. The molecule has 1 atom stereocenters. The maximum Gasteiger partial charge on any atom is 0.341 e. The van der Waals surface area contributed by atoms with E-state index in [1.54, 1.807) is 17.3 Å². The molecule has 0 spiro atoms. The maximum atomic E-state index is 12.9. The van der Waals surface area contributed by atoms with Crippen molar-refractivity contribution in [1.29, 1.82) is 0 Å². The summed E-state index contributed by atoms with van der Waals surface area (Å²) in [5, 5.41) is 9.66. The number of hydrogen-bond acceptors (Lipinski definition) is 4. The second-order valence-corrected chi connectivity index (χ2v) is 7.55. The monoisotopic (exact) mass is 383 g/mol. The van der Waals surface area contributed by atoms with Crippen molar-refractivity contribution in [2.45, 2.75) is 53.1 Å². The lowest BCUT2D eigenvalue weighted by Crippen LogP contribution is -2.39. The van der Waals surface area contributed by atoms with E-state index in [0.29, 0.717) is 31.5 Å². The lowest BCUT2D eigenvalue weighted by molar-refractivity contribution is -0.129. The average molecular weight is 383 g/mol. The number of aromatic carboxylic acids is 1. The number of carbonyl (C=O) groups excluding carboxylic acids is 1. The van der Waals surface area contributed by atoms with Gasteiger partial charge in [0, 0.05) is 50.6 Å². The fraction of sp³-hybridized carbons (Fsp3) is 0.429. The molecule has 1 N–H and O–H groups in total. The van der Waals surface area contributed by atoms with E-state index in [1.807, 2.05) is 26.8 Å². The average Bonchev–Trinajstić information content (AvgIpc) is 2.62. The van der Waals surface area contributed by atoms with Gasteiger partial charge in [0.05, 0.1) is 0 Å². The number of amides is 1. The van der Waals surface area contributed by atoms with Crippen LogP contribution in [0.15, 0.2) is 23.3 Å². The topological polar surface area (TPSA) is 92.5 Å². The van der Waals surface area contributed by atoms with Gasteiger partial charge in [0.15, 0.2) is 0 Å². The predicted octanol–water partition coefficient (Wildman–Crippen LogP) is 2.27. The zero-order valence-corrected chi connectivity index (χ0v) is 16.7. The molecular weight excluding hydrogens is 358 g/mol. The first-order valence-corrected chi connectivity index (χ1v) is 9.36. The van der Waals surface area contributed by atoms with Crippen LogP contribution in [-0.2, 0) is 24.2 Å². The number of aryl methyl sites for hydroxylation is 2. The second-order valence-electron chi connectivity index (χ2n) is 7.55. The molecule has 0 radical (unpaired) electrons. The van der Waals surface area contributed by atoms with Gasteiger partial charge in [0.2, 0.25) is 5.91 Å². The SMILES string of the molecule is CC(=O)N1CCc2c(cn(C(C)Cc3ncc(C)cc3C)c(=O)c2C(=O)O)C1. The smallest absolute Gasteiger partial charge is 0.341 e. The lowest BCUT2D eigenvalue weighted by Gasteiger charge is -2.30. The first-order valence-electron chi connectivity index (χ1n) is 9.36. The molecule has 0 fully saturated rings. The third kappa shape index (κ3) is 3.69. The molecule has 3 heterocycles. The van der Waals surface area contributed by atoms with Crippen molar-refractivity contribution in [3.05, 3.63) is 62.3 Å². The van der Waals surface area contributed by atoms with Gasteiger partial charge in [-0.25, -0.2) is 4.79 Å². The molecule has 1 aliphatic rings. The summed E-state index contributed by atoms with van der Waals surface area (Å²) in [6.45, 7) is 8.07. The molecule has 28 heavy (non-hydrogen) atoms. The van der Waals surface area contributed by atoms with E-state index < -0.39 is 11.5 Å². The first-order chi connectivity index (χ1) is 13.2. The van der Waals surface area contributed by atoms with E-state index in [2.05, 4.69) is 4.98 Å². The standard InChI is InChI=1S/C21H25N3O4/c1-12-7-13(2)18(22-9-12)8-14(3)24-11-16-10-23(15(4)25)6-5-17(16)19(20(24)26)21(27)28/h7,9,11,14H,5-6,8,10H2,1-4H3,(H,27,28). The molecule has 7 nitrogen and oxygen atoms in total. The van der Waals surface area contributed by atoms with Gasteiger partial charge in [-0.15, -0.1) is 0 Å². The Morgan fingerprint density at radius 2 is 2.04 bits per heavy atom. The summed E-state index contributed by atoms with van der Waals surface area (Å²) in [6, 6.07) is 1.77. The Labute approximate surface area is 163 Å². The highest BCUT2D eigenvalue weighted by Gasteiger charge is 2.28. The van der Waals surface area contributed by atoms with Crippen LogP contribution in [0.5, 0.6) is 0 Å². The normalized spacial score (nSPS) is 14.5. The van der Waals surface area contributed by atoms with Gasteiger partial charge in [-0.3, -0.25) is 14.6 Å². The zero-order chi connectivity index (χ0) is 20.6. The van der Waals surface area contributed by atoms with E-state index in [1.165, 1.54) is 11.5 Å². The molecule has 0 bridgehead atoms. The molecular formula is C21H25N3O4. The number of pyridine rings is 2.